The van der Waals surface area contributed by atoms with Gasteiger partial charge in [-0.2, -0.15) is 0 Å². The monoisotopic (exact) mass is 842 g/mol. The number of alkyl halides is 2. The quantitative estimate of drug-likeness (QED) is 0.0894. The van der Waals surface area contributed by atoms with Gasteiger partial charge in [0, 0.05) is 15.9 Å². The fourth-order valence-corrected chi connectivity index (χ4v) is 9.43. The third-order valence-corrected chi connectivity index (χ3v) is 13.2. The molecule has 1 N–H and O–H groups in total. The van der Waals surface area contributed by atoms with Crippen LogP contribution in [0.1, 0.15) is 45.1 Å². The van der Waals surface area contributed by atoms with Crippen molar-refractivity contribution >= 4 is 84.4 Å². The molecule has 8 nitrogen and oxygen atoms in total. The van der Waals surface area contributed by atoms with E-state index in [2.05, 4.69) is 31.9 Å². The minimum Gasteiger partial charge on any atom is -0.503 e. The van der Waals surface area contributed by atoms with E-state index in [1.54, 1.807) is 26.8 Å². The number of fused-ring (bicyclic) bond motifs is 4. The molecule has 6 atom stereocenters. The molecule has 2 saturated heterocycles. The number of anilines is 1. The number of benzene rings is 2. The van der Waals surface area contributed by atoms with E-state index in [-0.39, 0.29) is 37.2 Å². The zero-order chi connectivity index (χ0) is 35.7. The first-order valence-corrected chi connectivity index (χ1v) is 16.6. The summed E-state index contributed by atoms with van der Waals surface area (Å²) in [6.07, 6.45) is 0.930. The van der Waals surface area contributed by atoms with Crippen LogP contribution in [0.5, 0.6) is 11.5 Å². The summed E-state index contributed by atoms with van der Waals surface area (Å²) in [5.74, 6) is -21.8. The van der Waals surface area contributed by atoms with Gasteiger partial charge >= 0.3 is 0 Å². The highest BCUT2D eigenvalue weighted by atomic mass is 79.9. The number of phenols is 1. The first-order chi connectivity index (χ1) is 22.2. The maximum Gasteiger partial charge on any atom is 0.258 e. The number of halogens is 9. The normalized spacial score (nSPS) is 30.1. The molecule has 2 heterocycles. The lowest BCUT2D eigenvalue weighted by Crippen LogP contribution is -2.60. The molecule has 0 radical (unpaired) electrons. The van der Waals surface area contributed by atoms with Gasteiger partial charge in [0.05, 0.1) is 23.4 Å². The Balaban J connectivity index is 1.65. The van der Waals surface area contributed by atoms with Gasteiger partial charge in [-0.1, -0.05) is 11.6 Å². The number of nitrogens with zero attached hydrogens (tertiary/aromatic N) is 2. The van der Waals surface area contributed by atoms with Crippen LogP contribution >= 0.6 is 55.1 Å². The molecule has 0 bridgehead atoms. The summed E-state index contributed by atoms with van der Waals surface area (Å²) in [6.45, 7) is 4.97. The van der Waals surface area contributed by atoms with Crippen molar-refractivity contribution in [1.29, 1.82) is 0 Å². The summed E-state index contributed by atoms with van der Waals surface area (Å²) >= 11 is 20.9. The Labute approximate surface area is 296 Å². The van der Waals surface area contributed by atoms with E-state index in [1.807, 2.05) is 0 Å². The first-order valence-electron chi connectivity index (χ1n) is 14.3. The van der Waals surface area contributed by atoms with Gasteiger partial charge in [0.25, 0.3) is 11.8 Å². The van der Waals surface area contributed by atoms with Crippen LogP contribution in [-0.2, 0) is 19.2 Å². The number of phenolic OH excluding ortho intramolecular Hbond substituents is 1. The lowest BCUT2D eigenvalue weighted by molar-refractivity contribution is -0.145. The molecule has 2 aliphatic heterocycles. The SMILES string of the molecule is COc1cc(C2C3=CCC4C(=O)N(C(C)(C)C)C(=O)C4C3CC3(Cl)C(=O)N(c4c(F)c(F)c(F)c(F)c4F)C(=O)C23Cl)c(Br)c(Br)c1O. The number of hydrogen-bond donors (Lipinski definition) is 1. The highest BCUT2D eigenvalue weighted by Crippen LogP contribution is 2.67. The van der Waals surface area contributed by atoms with Gasteiger partial charge in [-0.3, -0.25) is 24.1 Å². The number of ether oxygens (including phenoxy) is 1. The molecule has 6 unspecified atom stereocenters. The second-order valence-electron chi connectivity index (χ2n) is 13.0. The maximum atomic E-state index is 15.2. The highest BCUT2D eigenvalue weighted by molar-refractivity contribution is 9.13. The van der Waals surface area contributed by atoms with E-state index < -0.39 is 110 Å². The summed E-state index contributed by atoms with van der Waals surface area (Å²) < 4.78 is 78.7. The van der Waals surface area contributed by atoms with Crippen molar-refractivity contribution in [3.63, 3.8) is 0 Å². The lowest BCUT2D eigenvalue weighted by atomic mass is 9.56. The predicted molar refractivity (Wildman–Crippen MR) is 168 cm³/mol. The molecule has 1 saturated carbocycles. The molecule has 4 amide bonds. The molecular formula is C31H23Br2Cl2F5N2O6. The number of likely N-dealkylation sites (tertiary alicyclic amines) is 1. The van der Waals surface area contributed by atoms with Gasteiger partial charge in [0.2, 0.25) is 17.6 Å². The minimum absolute atomic E-state index is 0.00637. The number of carbonyl (C=O) groups is 4. The molecule has 48 heavy (non-hydrogen) atoms. The highest BCUT2D eigenvalue weighted by Gasteiger charge is 2.77. The van der Waals surface area contributed by atoms with Crippen molar-refractivity contribution in [3.05, 3.63) is 61.3 Å². The first kappa shape index (κ1) is 35.1. The average molecular weight is 845 g/mol. The third-order valence-electron chi connectivity index (χ3n) is 9.60. The molecule has 6 rings (SSSR count). The molecule has 0 spiro atoms. The van der Waals surface area contributed by atoms with Crippen LogP contribution in [0, 0.1) is 46.8 Å². The molecule has 0 aromatic heterocycles. The number of rotatable bonds is 3. The number of hydrogen-bond acceptors (Lipinski definition) is 6. The molecule has 2 aliphatic carbocycles. The Morgan fingerprint density at radius 1 is 0.896 bits per heavy atom. The summed E-state index contributed by atoms with van der Waals surface area (Å²) in [7, 11) is 1.22. The second kappa shape index (κ2) is 11.1. The molecular weight excluding hydrogens is 822 g/mol. The van der Waals surface area contributed by atoms with Crippen molar-refractivity contribution in [3.8, 4) is 11.5 Å². The molecule has 17 heteroatoms. The predicted octanol–water partition coefficient (Wildman–Crippen LogP) is 6.98. The average Bonchev–Trinajstić information content (AvgIpc) is 3.37. The van der Waals surface area contributed by atoms with Crippen LogP contribution in [-0.4, -0.2) is 56.0 Å². The van der Waals surface area contributed by atoms with Crippen molar-refractivity contribution in [2.45, 2.75) is 54.8 Å². The van der Waals surface area contributed by atoms with Crippen LogP contribution in [0.4, 0.5) is 27.6 Å². The van der Waals surface area contributed by atoms with Crippen molar-refractivity contribution in [2.24, 2.45) is 17.8 Å². The number of imide groups is 2. The van der Waals surface area contributed by atoms with Crippen molar-refractivity contribution < 1.29 is 51.0 Å². The maximum absolute atomic E-state index is 15.2. The second-order valence-corrected chi connectivity index (χ2v) is 15.8. The Hall–Kier alpha value is -2.75. The van der Waals surface area contributed by atoms with E-state index in [0.29, 0.717) is 0 Å². The Morgan fingerprint density at radius 3 is 2.00 bits per heavy atom. The van der Waals surface area contributed by atoms with E-state index in [1.165, 1.54) is 13.2 Å². The number of methoxy groups -OCH3 is 1. The van der Waals surface area contributed by atoms with E-state index in [9.17, 15) is 37.5 Å². The fraction of sp³-hybridized carbons (Fsp3) is 0.419. The van der Waals surface area contributed by atoms with Crippen molar-refractivity contribution in [1.82, 2.24) is 4.90 Å². The van der Waals surface area contributed by atoms with Gasteiger partial charge in [-0.25, -0.2) is 26.9 Å². The molecule has 2 aromatic rings. The Kier molecular flexibility index (Phi) is 8.13. The van der Waals surface area contributed by atoms with E-state index in [0.717, 1.165) is 4.90 Å². The van der Waals surface area contributed by atoms with Gasteiger partial charge < -0.3 is 9.84 Å². The summed E-state index contributed by atoms with van der Waals surface area (Å²) in [5, 5.41) is 10.7. The van der Waals surface area contributed by atoms with Gasteiger partial charge in [0.15, 0.2) is 44.5 Å². The largest absolute Gasteiger partial charge is 0.503 e. The third kappa shape index (κ3) is 4.28. The number of allylic oxidation sites excluding steroid dienone is 2. The topological polar surface area (TPSA) is 104 Å². The van der Waals surface area contributed by atoms with Crippen molar-refractivity contribution in [2.75, 3.05) is 12.0 Å². The lowest BCUT2D eigenvalue weighted by Gasteiger charge is -2.51. The van der Waals surface area contributed by atoms with Crippen LogP contribution < -0.4 is 9.64 Å². The summed E-state index contributed by atoms with van der Waals surface area (Å²) in [5.41, 5.74) is -2.54. The Morgan fingerprint density at radius 2 is 1.46 bits per heavy atom. The van der Waals surface area contributed by atoms with E-state index >= 15 is 8.78 Å². The van der Waals surface area contributed by atoms with E-state index in [4.69, 9.17) is 27.9 Å². The molecule has 4 aliphatic rings. The molecule has 3 fully saturated rings. The Bertz CT molecular complexity index is 1900. The van der Waals surface area contributed by atoms with Gasteiger partial charge in [0.1, 0.15) is 5.69 Å². The number of amides is 4. The molecule has 2 aromatic carbocycles. The van der Waals surface area contributed by atoms with Crippen LogP contribution in [0.25, 0.3) is 0 Å². The summed E-state index contributed by atoms with van der Waals surface area (Å²) in [6, 6.07) is 1.26. The summed E-state index contributed by atoms with van der Waals surface area (Å²) in [4.78, 5) is 51.8. The number of carbonyl (C=O) groups excluding carboxylic acids is 4. The zero-order valence-corrected chi connectivity index (χ0v) is 29.8. The number of aromatic hydroxyl groups is 1. The molecule has 256 valence electrons. The van der Waals surface area contributed by atoms with Gasteiger partial charge in [-0.05, 0) is 83.0 Å². The van der Waals surface area contributed by atoms with Crippen LogP contribution in [0.2, 0.25) is 0 Å². The van der Waals surface area contributed by atoms with Crippen LogP contribution in [0.15, 0.2) is 26.7 Å². The van der Waals surface area contributed by atoms with Crippen LogP contribution in [0.3, 0.4) is 0 Å². The zero-order valence-electron chi connectivity index (χ0n) is 25.2. The standard InChI is InChI=1S/C31H23Br2Cl2F5N2O6/c1-29(2,3)42-25(44)10-6-5-9-12(14(10)26(42)45)8-30(34)27(46)41(23-21(39)19(37)18(36)20(38)22(23)40)28(47)31(30,35)15(9)11-7-13(48-4)24(43)17(33)16(11)32/h5,7,10,12,14-15,43H,6,8H2,1-4H3. The minimum atomic E-state index is -2.74. The fourth-order valence-electron chi connectivity index (χ4n) is 7.55. The van der Waals surface area contributed by atoms with Gasteiger partial charge in [-0.15, -0.1) is 23.2 Å². The smallest absolute Gasteiger partial charge is 0.258 e.